The summed E-state index contributed by atoms with van der Waals surface area (Å²) >= 11 is 0. The molecule has 0 amide bonds. The fourth-order valence-electron chi connectivity index (χ4n) is 11.6. The number of unbranched alkanes of at least 4 members (excludes halogenated alkanes) is 42. The van der Waals surface area contributed by atoms with Gasteiger partial charge in [0.05, 0.1) is 26.4 Å². The third-order valence-electron chi connectivity index (χ3n) is 18.2. The Kier molecular flexibility index (Phi) is 68.5. The average Bonchev–Trinajstić information content (AvgIpc) is 0.972. The Morgan fingerprint density at radius 3 is 0.918 bits per heavy atom. The molecule has 0 spiro atoms. The molecule has 0 heterocycles. The topological polar surface area (TPSA) is 237 Å². The lowest BCUT2D eigenvalue weighted by Crippen LogP contribution is -2.30. The van der Waals surface area contributed by atoms with Gasteiger partial charge in [-0.2, -0.15) is 0 Å². The number of aliphatic hydroxyl groups is 1. The molecule has 0 aliphatic rings. The molecule has 19 heteroatoms. The van der Waals surface area contributed by atoms with E-state index in [0.29, 0.717) is 25.7 Å². The molecule has 0 aromatic carbocycles. The summed E-state index contributed by atoms with van der Waals surface area (Å²) in [6.07, 6.45) is 61.8. The standard InChI is InChI=1S/C79H150O17P2/c1-7-10-12-14-16-18-20-22-26-31-34-38-42-49-55-61-76(81)89-67-74(95-78(83)64-58-52-44-40-36-32-28-25-24-27-29-33-37-41-47-53-59-71(4)5)69-93-97(85,86)91-65-73(80)66-92-98(87,88)94-70-75(68-90-77(82)62-56-50-46-45-48-54-60-72(6)9-3)96-79(84)63-57-51-43-39-35-30-23-21-19-17-15-13-11-8-2/h18,20,22,26,71-75,80H,7-17,19,21,23-25,27-70H2,1-6H3,(H,85,86)(H,87,88)/b20-18-,26-22-/t72?,73-,74-,75-/m1/s1. The average molecular weight is 1430 g/mol. The highest BCUT2D eigenvalue weighted by molar-refractivity contribution is 7.47. The first-order chi connectivity index (χ1) is 47.4. The molecule has 0 bridgehead atoms. The summed E-state index contributed by atoms with van der Waals surface area (Å²) in [6, 6.07) is 0. The summed E-state index contributed by atoms with van der Waals surface area (Å²) in [5.41, 5.74) is 0. The summed E-state index contributed by atoms with van der Waals surface area (Å²) in [6.45, 7) is 9.54. The maximum atomic E-state index is 13.1. The van der Waals surface area contributed by atoms with Crippen LogP contribution in [0.2, 0.25) is 0 Å². The number of aliphatic hydroxyl groups excluding tert-OH is 1. The zero-order valence-electron chi connectivity index (χ0n) is 63.6. The van der Waals surface area contributed by atoms with E-state index in [0.717, 1.165) is 127 Å². The predicted molar refractivity (Wildman–Crippen MR) is 400 cm³/mol. The number of carbonyl (C=O) groups is 4. The monoisotopic (exact) mass is 1430 g/mol. The molecule has 578 valence electrons. The Balaban J connectivity index is 5.28. The van der Waals surface area contributed by atoms with E-state index >= 15 is 0 Å². The van der Waals surface area contributed by atoms with E-state index in [-0.39, 0.29) is 25.7 Å². The van der Waals surface area contributed by atoms with Crippen molar-refractivity contribution in [2.75, 3.05) is 39.6 Å². The number of esters is 4. The largest absolute Gasteiger partial charge is 0.472 e. The third-order valence-corrected chi connectivity index (χ3v) is 20.1. The molecule has 98 heavy (non-hydrogen) atoms. The minimum atomic E-state index is -4.97. The van der Waals surface area contributed by atoms with E-state index in [1.54, 1.807) is 0 Å². The molecule has 0 aromatic rings. The molecule has 0 rings (SSSR count). The van der Waals surface area contributed by atoms with E-state index in [9.17, 15) is 43.2 Å². The second kappa shape index (κ2) is 70.2. The quantitative estimate of drug-likeness (QED) is 0.0169. The summed E-state index contributed by atoms with van der Waals surface area (Å²) in [5.74, 6) is -0.605. The fourth-order valence-corrected chi connectivity index (χ4v) is 13.2. The zero-order valence-corrected chi connectivity index (χ0v) is 65.4. The van der Waals surface area contributed by atoms with E-state index in [1.165, 1.54) is 180 Å². The van der Waals surface area contributed by atoms with Crippen molar-refractivity contribution in [1.82, 2.24) is 0 Å². The molecule has 0 aliphatic heterocycles. The van der Waals surface area contributed by atoms with Crippen molar-refractivity contribution in [3.05, 3.63) is 24.3 Å². The van der Waals surface area contributed by atoms with Crippen LogP contribution in [0.3, 0.4) is 0 Å². The lowest BCUT2D eigenvalue weighted by Gasteiger charge is -2.21. The molecule has 0 saturated carbocycles. The van der Waals surface area contributed by atoms with E-state index in [4.69, 9.17) is 37.0 Å². The number of ether oxygens (including phenoxy) is 4. The highest BCUT2D eigenvalue weighted by Crippen LogP contribution is 2.45. The van der Waals surface area contributed by atoms with Gasteiger partial charge in [-0.05, 0) is 63.2 Å². The second-order valence-electron chi connectivity index (χ2n) is 28.5. The van der Waals surface area contributed by atoms with Crippen LogP contribution in [-0.4, -0.2) is 96.7 Å². The Bertz CT molecular complexity index is 1990. The lowest BCUT2D eigenvalue weighted by atomic mass is 10.00. The van der Waals surface area contributed by atoms with Gasteiger partial charge in [-0.25, -0.2) is 9.13 Å². The molecule has 6 atom stereocenters. The number of hydrogen-bond acceptors (Lipinski definition) is 15. The Labute approximate surface area is 599 Å². The van der Waals surface area contributed by atoms with Crippen molar-refractivity contribution < 1.29 is 80.2 Å². The first-order valence-corrected chi connectivity index (χ1v) is 43.3. The van der Waals surface area contributed by atoms with Crippen LogP contribution in [0.25, 0.3) is 0 Å². The van der Waals surface area contributed by atoms with Gasteiger partial charge in [0.25, 0.3) is 0 Å². The Morgan fingerprint density at radius 1 is 0.337 bits per heavy atom. The minimum absolute atomic E-state index is 0.101. The van der Waals surface area contributed by atoms with Gasteiger partial charge < -0.3 is 33.8 Å². The normalized spacial score (nSPS) is 14.4. The van der Waals surface area contributed by atoms with Gasteiger partial charge in [-0.15, -0.1) is 0 Å². The molecule has 3 N–H and O–H groups in total. The van der Waals surface area contributed by atoms with Crippen molar-refractivity contribution in [2.24, 2.45) is 11.8 Å². The molecule has 0 aliphatic carbocycles. The van der Waals surface area contributed by atoms with Crippen LogP contribution < -0.4 is 0 Å². The molecule has 0 aromatic heterocycles. The first-order valence-electron chi connectivity index (χ1n) is 40.3. The Hall–Kier alpha value is -2.46. The summed E-state index contributed by atoms with van der Waals surface area (Å²) in [4.78, 5) is 72.9. The second-order valence-corrected chi connectivity index (χ2v) is 31.4. The number of hydrogen-bond donors (Lipinski definition) is 3. The van der Waals surface area contributed by atoms with Crippen LogP contribution in [0.15, 0.2) is 24.3 Å². The van der Waals surface area contributed by atoms with E-state index in [2.05, 4.69) is 65.8 Å². The van der Waals surface area contributed by atoms with Crippen LogP contribution in [0.4, 0.5) is 0 Å². The molecule has 0 fully saturated rings. The maximum Gasteiger partial charge on any atom is 0.472 e. The molecule has 0 radical (unpaired) electrons. The zero-order chi connectivity index (χ0) is 72.1. The molecule has 17 nitrogen and oxygen atoms in total. The van der Waals surface area contributed by atoms with E-state index < -0.39 is 97.5 Å². The van der Waals surface area contributed by atoms with Crippen LogP contribution in [0.5, 0.6) is 0 Å². The van der Waals surface area contributed by atoms with E-state index in [1.807, 2.05) is 0 Å². The molecule has 0 saturated heterocycles. The lowest BCUT2D eigenvalue weighted by molar-refractivity contribution is -0.161. The summed E-state index contributed by atoms with van der Waals surface area (Å²) in [7, 11) is -9.93. The number of allylic oxidation sites excluding steroid dienone is 4. The van der Waals surface area contributed by atoms with Crippen molar-refractivity contribution in [1.29, 1.82) is 0 Å². The van der Waals surface area contributed by atoms with Crippen LogP contribution in [0, 0.1) is 11.8 Å². The molecular formula is C79H150O17P2. The van der Waals surface area contributed by atoms with Crippen LogP contribution in [0.1, 0.15) is 388 Å². The van der Waals surface area contributed by atoms with Gasteiger partial charge in [-0.3, -0.25) is 37.3 Å². The van der Waals surface area contributed by atoms with Gasteiger partial charge >= 0.3 is 39.5 Å². The van der Waals surface area contributed by atoms with Gasteiger partial charge in [0.15, 0.2) is 12.2 Å². The molecule has 3 unspecified atom stereocenters. The van der Waals surface area contributed by atoms with Gasteiger partial charge in [0.2, 0.25) is 0 Å². The van der Waals surface area contributed by atoms with Crippen LogP contribution >= 0.6 is 15.6 Å². The number of carbonyl (C=O) groups excluding carboxylic acids is 4. The van der Waals surface area contributed by atoms with Crippen molar-refractivity contribution in [3.8, 4) is 0 Å². The number of phosphoric acid groups is 2. The number of rotatable bonds is 76. The van der Waals surface area contributed by atoms with Crippen molar-refractivity contribution in [2.45, 2.75) is 407 Å². The fraction of sp³-hybridized carbons (Fsp3) is 0.899. The first kappa shape index (κ1) is 95.5. The highest BCUT2D eigenvalue weighted by atomic mass is 31.2. The summed E-state index contributed by atoms with van der Waals surface area (Å²) < 4.78 is 68.6. The van der Waals surface area contributed by atoms with Gasteiger partial charge in [0, 0.05) is 25.7 Å². The smallest absolute Gasteiger partial charge is 0.462 e. The van der Waals surface area contributed by atoms with Crippen molar-refractivity contribution in [3.63, 3.8) is 0 Å². The highest BCUT2D eigenvalue weighted by Gasteiger charge is 2.30. The Morgan fingerprint density at radius 2 is 0.602 bits per heavy atom. The SMILES string of the molecule is CCCCCC/C=C\C=C/CCCCCCCC(=O)OC[C@H](COP(=O)(O)OC[C@@H](O)COP(=O)(O)OC[C@@H](COC(=O)CCCCCCCCC(C)CC)OC(=O)CCCCCCCCCCCCCCCC)OC(=O)CCCCCCCCCCCCCCCCCCC(C)C. The van der Waals surface area contributed by atoms with Gasteiger partial charge in [-0.1, -0.05) is 336 Å². The van der Waals surface area contributed by atoms with Gasteiger partial charge in [0.1, 0.15) is 19.3 Å². The molecular weight excluding hydrogens is 1280 g/mol. The third kappa shape index (κ3) is 70.6. The van der Waals surface area contributed by atoms with Crippen LogP contribution in [-0.2, 0) is 65.4 Å². The van der Waals surface area contributed by atoms with Crippen molar-refractivity contribution >= 4 is 39.5 Å². The maximum absolute atomic E-state index is 13.1. The summed E-state index contributed by atoms with van der Waals surface area (Å²) in [5, 5.41) is 10.6. The minimum Gasteiger partial charge on any atom is -0.462 e. The number of phosphoric ester groups is 2. The predicted octanol–water partition coefficient (Wildman–Crippen LogP) is 23.1.